The van der Waals surface area contributed by atoms with Crippen LogP contribution in [0.1, 0.15) is 72.6 Å². The third-order valence-electron chi connectivity index (χ3n) is 4.97. The van der Waals surface area contributed by atoms with Gasteiger partial charge in [-0.2, -0.15) is 4.89 Å². The van der Waals surface area contributed by atoms with E-state index in [4.69, 9.17) is 14.4 Å². The summed E-state index contributed by atoms with van der Waals surface area (Å²) in [6, 6.07) is 11.9. The van der Waals surface area contributed by atoms with Crippen LogP contribution in [0.2, 0.25) is 0 Å². The summed E-state index contributed by atoms with van der Waals surface area (Å²) in [6.45, 7) is 5.50. The number of aryl methyl sites for hydroxylation is 1. The third kappa shape index (κ3) is 4.04. The van der Waals surface area contributed by atoms with Gasteiger partial charge in [0, 0.05) is 22.3 Å². The molecule has 2 aromatic rings. The number of carbonyl (C=O) groups is 2. The number of rotatable bonds is 7. The Bertz CT molecular complexity index is 904. The molecule has 0 radical (unpaired) electrons. The quantitative estimate of drug-likeness (QED) is 0.226. The summed E-state index contributed by atoms with van der Waals surface area (Å²) in [6.07, 6.45) is 2.63. The molecule has 2 aromatic carbocycles. The molecule has 0 heterocycles. The lowest BCUT2D eigenvalue weighted by atomic mass is 9.79. The Labute approximate surface area is 170 Å². The van der Waals surface area contributed by atoms with Crippen molar-refractivity contribution in [1.29, 1.82) is 0 Å². The Kier molecular flexibility index (Phi) is 6.35. The molecule has 0 spiro atoms. The Morgan fingerprint density at radius 2 is 1.79 bits per heavy atom. The first-order valence-corrected chi connectivity index (χ1v) is 9.92. The highest BCUT2D eigenvalue weighted by atomic mass is 17.2. The minimum atomic E-state index is -1.98. The van der Waals surface area contributed by atoms with Crippen molar-refractivity contribution in [2.75, 3.05) is 0 Å². The maximum atomic E-state index is 13.1. The molecule has 6 heteroatoms. The maximum Gasteiger partial charge on any atom is 0.511 e. The van der Waals surface area contributed by atoms with Crippen molar-refractivity contribution in [3.63, 3.8) is 0 Å². The van der Waals surface area contributed by atoms with Gasteiger partial charge in [-0.1, -0.05) is 56.2 Å². The summed E-state index contributed by atoms with van der Waals surface area (Å²) >= 11 is 0. The number of ketones is 1. The predicted octanol–water partition coefficient (Wildman–Crippen LogP) is 5.22. The second-order valence-corrected chi connectivity index (χ2v) is 7.44. The summed E-state index contributed by atoms with van der Waals surface area (Å²) < 4.78 is 10.6. The molecule has 1 N–H and O–H groups in total. The lowest BCUT2D eigenvalue weighted by Gasteiger charge is -2.36. The molecule has 6 nitrogen and oxygen atoms in total. The Balaban J connectivity index is 2.10. The molecule has 0 bridgehead atoms. The number of fused-ring (bicyclic) bond motifs is 2. The standard InChI is InChI=1S/C23H26O6/c1-4-5-6-9-16-12-13-20-18(14-16)21(24)17-10-7-8-11-19(17)23(20,29-26)28-22(25)27-15(2)3/h7-8,10-15,26H,4-6,9H2,1-3H3. The summed E-state index contributed by atoms with van der Waals surface area (Å²) in [4.78, 5) is 30.3. The van der Waals surface area contributed by atoms with Gasteiger partial charge in [-0.25, -0.2) is 10.1 Å². The molecule has 154 valence electrons. The minimum absolute atomic E-state index is 0.207. The topological polar surface area (TPSA) is 82.1 Å². The number of ether oxygens (including phenoxy) is 2. The van der Waals surface area contributed by atoms with Crippen LogP contribution < -0.4 is 0 Å². The van der Waals surface area contributed by atoms with Crippen LogP contribution in [0, 0.1) is 0 Å². The molecule has 0 fully saturated rings. The van der Waals surface area contributed by atoms with Gasteiger partial charge in [0.25, 0.3) is 0 Å². The van der Waals surface area contributed by atoms with Crippen LogP contribution in [-0.2, 0) is 26.6 Å². The Morgan fingerprint density at radius 1 is 1.07 bits per heavy atom. The SMILES string of the molecule is CCCCCc1ccc2c(c1)C(=O)c1ccccc1C2(OO)OC(=O)OC(C)C. The minimum Gasteiger partial charge on any atom is -0.431 e. The Morgan fingerprint density at radius 3 is 2.48 bits per heavy atom. The molecule has 0 amide bonds. The molecule has 1 unspecified atom stereocenters. The Hall–Kier alpha value is -2.70. The van der Waals surface area contributed by atoms with Crippen molar-refractivity contribution in [3.05, 3.63) is 70.3 Å². The number of hydrogen-bond acceptors (Lipinski definition) is 6. The van der Waals surface area contributed by atoms with Crippen molar-refractivity contribution in [1.82, 2.24) is 0 Å². The van der Waals surface area contributed by atoms with Crippen molar-refractivity contribution in [2.45, 2.75) is 58.3 Å². The van der Waals surface area contributed by atoms with Crippen LogP contribution in [0.25, 0.3) is 0 Å². The van der Waals surface area contributed by atoms with E-state index in [1.165, 1.54) is 0 Å². The van der Waals surface area contributed by atoms with Gasteiger partial charge in [-0.15, -0.1) is 0 Å². The van der Waals surface area contributed by atoms with Crippen molar-refractivity contribution in [2.24, 2.45) is 0 Å². The number of hydrogen-bond donors (Lipinski definition) is 1. The lowest BCUT2D eigenvalue weighted by Crippen LogP contribution is -2.42. The van der Waals surface area contributed by atoms with Gasteiger partial charge in [0.1, 0.15) is 0 Å². The normalized spacial score (nSPS) is 17.6. The molecular formula is C23H26O6. The van der Waals surface area contributed by atoms with Gasteiger partial charge in [0.15, 0.2) is 5.78 Å². The third-order valence-corrected chi connectivity index (χ3v) is 4.97. The molecule has 1 atom stereocenters. The van der Waals surface area contributed by atoms with Crippen LogP contribution in [-0.4, -0.2) is 23.3 Å². The summed E-state index contributed by atoms with van der Waals surface area (Å²) in [5, 5.41) is 9.90. The number of benzene rings is 2. The number of unbranched alkanes of at least 4 members (excludes halogenated alkanes) is 2. The van der Waals surface area contributed by atoms with Crippen molar-refractivity contribution < 1.29 is 29.2 Å². The maximum absolute atomic E-state index is 13.1. The first-order chi connectivity index (χ1) is 13.9. The molecule has 3 rings (SSSR count). The van der Waals surface area contributed by atoms with E-state index in [2.05, 4.69) is 6.92 Å². The van der Waals surface area contributed by atoms with E-state index in [-0.39, 0.29) is 16.9 Å². The molecule has 0 aliphatic heterocycles. The first-order valence-electron chi connectivity index (χ1n) is 9.92. The van der Waals surface area contributed by atoms with Crippen molar-refractivity contribution in [3.8, 4) is 0 Å². The fraction of sp³-hybridized carbons (Fsp3) is 0.391. The fourth-order valence-electron chi connectivity index (χ4n) is 3.62. The monoisotopic (exact) mass is 398 g/mol. The van der Waals surface area contributed by atoms with Crippen LogP contribution in [0.15, 0.2) is 42.5 Å². The fourth-order valence-corrected chi connectivity index (χ4v) is 3.62. The molecule has 1 aliphatic rings. The molecule has 1 aliphatic carbocycles. The van der Waals surface area contributed by atoms with Crippen LogP contribution in [0.5, 0.6) is 0 Å². The highest BCUT2D eigenvalue weighted by Crippen LogP contribution is 2.43. The summed E-state index contributed by atoms with van der Waals surface area (Å²) in [5.41, 5.74) is 2.16. The molecule has 0 aromatic heterocycles. The zero-order chi connectivity index (χ0) is 21.0. The van der Waals surface area contributed by atoms with E-state index in [0.29, 0.717) is 11.1 Å². The molecule has 0 saturated heterocycles. The van der Waals surface area contributed by atoms with E-state index in [9.17, 15) is 14.8 Å². The highest BCUT2D eigenvalue weighted by molar-refractivity contribution is 6.13. The number of carbonyl (C=O) groups excluding carboxylic acids is 2. The first kappa shape index (κ1) is 21.0. The predicted molar refractivity (Wildman–Crippen MR) is 107 cm³/mol. The van der Waals surface area contributed by atoms with E-state index in [1.54, 1.807) is 50.2 Å². The lowest BCUT2D eigenvalue weighted by molar-refractivity contribution is -0.383. The van der Waals surface area contributed by atoms with E-state index < -0.39 is 18.0 Å². The van der Waals surface area contributed by atoms with Crippen molar-refractivity contribution >= 4 is 11.9 Å². The second kappa shape index (κ2) is 8.76. The van der Waals surface area contributed by atoms with E-state index in [0.717, 1.165) is 31.2 Å². The van der Waals surface area contributed by atoms with Gasteiger partial charge < -0.3 is 9.47 Å². The average Bonchev–Trinajstić information content (AvgIpc) is 2.71. The van der Waals surface area contributed by atoms with Gasteiger partial charge in [-0.3, -0.25) is 4.79 Å². The average molecular weight is 398 g/mol. The zero-order valence-corrected chi connectivity index (χ0v) is 16.9. The second-order valence-electron chi connectivity index (χ2n) is 7.44. The molecule has 29 heavy (non-hydrogen) atoms. The van der Waals surface area contributed by atoms with Crippen LogP contribution in [0.3, 0.4) is 0 Å². The molecular weight excluding hydrogens is 372 g/mol. The highest BCUT2D eigenvalue weighted by Gasteiger charge is 2.49. The van der Waals surface area contributed by atoms with Gasteiger partial charge >= 0.3 is 11.9 Å². The van der Waals surface area contributed by atoms with Gasteiger partial charge in [0.2, 0.25) is 0 Å². The summed E-state index contributed by atoms with van der Waals surface area (Å²) in [5.74, 6) is -2.19. The van der Waals surface area contributed by atoms with Gasteiger partial charge in [-0.05, 0) is 38.3 Å². The largest absolute Gasteiger partial charge is 0.511 e. The van der Waals surface area contributed by atoms with Crippen LogP contribution in [0.4, 0.5) is 4.79 Å². The zero-order valence-electron chi connectivity index (χ0n) is 16.9. The summed E-state index contributed by atoms with van der Waals surface area (Å²) in [7, 11) is 0. The van der Waals surface area contributed by atoms with Gasteiger partial charge in [0.05, 0.1) is 6.10 Å². The van der Waals surface area contributed by atoms with Crippen LogP contribution >= 0.6 is 0 Å². The smallest absolute Gasteiger partial charge is 0.431 e. The molecule has 0 saturated carbocycles. The van der Waals surface area contributed by atoms with E-state index >= 15 is 0 Å². The van der Waals surface area contributed by atoms with E-state index in [1.807, 2.05) is 6.07 Å².